The third-order valence-corrected chi connectivity index (χ3v) is 2.59. The van der Waals surface area contributed by atoms with E-state index in [0.717, 1.165) is 36.3 Å². The van der Waals surface area contributed by atoms with E-state index in [2.05, 4.69) is 42.0 Å². The van der Waals surface area contributed by atoms with E-state index in [-0.39, 0.29) is 0 Å². The average Bonchev–Trinajstić information content (AvgIpc) is 2.70. The van der Waals surface area contributed by atoms with Crippen molar-refractivity contribution in [2.75, 3.05) is 6.61 Å². The molecule has 0 saturated heterocycles. The van der Waals surface area contributed by atoms with Crippen LogP contribution in [-0.2, 0) is 17.8 Å². The van der Waals surface area contributed by atoms with E-state index < -0.39 is 0 Å². The summed E-state index contributed by atoms with van der Waals surface area (Å²) in [5.74, 6) is 0.914. The first-order chi connectivity index (χ1) is 7.83. The zero-order valence-electron chi connectivity index (χ0n) is 9.92. The van der Waals surface area contributed by atoms with Gasteiger partial charge in [-0.3, -0.25) is 0 Å². The number of H-pyrrole nitrogens is 1. The Morgan fingerprint density at radius 3 is 2.94 bits per heavy atom. The van der Waals surface area contributed by atoms with E-state index in [4.69, 9.17) is 4.74 Å². The number of nitrogens with zero attached hydrogens (tertiary/aromatic N) is 1. The van der Waals surface area contributed by atoms with Gasteiger partial charge in [-0.1, -0.05) is 19.9 Å². The Hall–Kier alpha value is -1.35. The van der Waals surface area contributed by atoms with Crippen molar-refractivity contribution in [3.05, 3.63) is 29.6 Å². The molecule has 2 aromatic rings. The molecule has 16 heavy (non-hydrogen) atoms. The van der Waals surface area contributed by atoms with Crippen molar-refractivity contribution in [1.82, 2.24) is 9.97 Å². The van der Waals surface area contributed by atoms with Gasteiger partial charge >= 0.3 is 0 Å². The van der Waals surface area contributed by atoms with Gasteiger partial charge in [0.25, 0.3) is 0 Å². The average molecular weight is 218 g/mol. The number of aromatic amines is 1. The predicted octanol–water partition coefficient (Wildman–Crippen LogP) is 3.05. The maximum Gasteiger partial charge on any atom is 0.133 e. The van der Waals surface area contributed by atoms with Crippen molar-refractivity contribution in [3.8, 4) is 0 Å². The lowest BCUT2D eigenvalue weighted by molar-refractivity contribution is 0.117. The van der Waals surface area contributed by atoms with Crippen LogP contribution in [0.4, 0.5) is 0 Å². The normalized spacial score (nSPS) is 11.1. The van der Waals surface area contributed by atoms with Crippen LogP contribution in [0, 0.1) is 0 Å². The smallest absolute Gasteiger partial charge is 0.133 e. The number of imidazole rings is 1. The summed E-state index contributed by atoms with van der Waals surface area (Å²) in [6, 6.07) is 6.35. The van der Waals surface area contributed by atoms with E-state index in [1.54, 1.807) is 0 Å². The van der Waals surface area contributed by atoms with Crippen LogP contribution in [0.25, 0.3) is 11.0 Å². The number of aryl methyl sites for hydroxylation is 1. The van der Waals surface area contributed by atoms with Crippen LogP contribution >= 0.6 is 0 Å². The van der Waals surface area contributed by atoms with E-state index in [0.29, 0.717) is 6.61 Å². The number of fused-ring (bicyclic) bond motifs is 1. The van der Waals surface area contributed by atoms with Crippen molar-refractivity contribution < 1.29 is 4.74 Å². The summed E-state index contributed by atoms with van der Waals surface area (Å²) in [7, 11) is 0. The van der Waals surface area contributed by atoms with Crippen LogP contribution in [0.15, 0.2) is 18.2 Å². The van der Waals surface area contributed by atoms with Crippen molar-refractivity contribution in [3.63, 3.8) is 0 Å². The first-order valence-corrected chi connectivity index (χ1v) is 5.88. The summed E-state index contributed by atoms with van der Waals surface area (Å²) in [6.45, 7) is 5.62. The topological polar surface area (TPSA) is 37.9 Å². The number of benzene rings is 1. The number of aromatic nitrogens is 2. The minimum absolute atomic E-state index is 0.573. The maximum atomic E-state index is 5.46. The van der Waals surface area contributed by atoms with Crippen LogP contribution in [-0.4, -0.2) is 16.6 Å². The van der Waals surface area contributed by atoms with E-state index in [9.17, 15) is 0 Å². The molecular formula is C13H18N2O. The number of rotatable bonds is 5. The Balaban J connectivity index is 2.16. The van der Waals surface area contributed by atoms with Crippen molar-refractivity contribution in [2.45, 2.75) is 33.3 Å². The highest BCUT2D eigenvalue weighted by Gasteiger charge is 2.02. The summed E-state index contributed by atoms with van der Waals surface area (Å²) in [5.41, 5.74) is 3.46. The lowest BCUT2D eigenvalue weighted by Crippen LogP contribution is -1.95. The Kier molecular flexibility index (Phi) is 3.57. The van der Waals surface area contributed by atoms with Gasteiger partial charge in [-0.2, -0.15) is 0 Å². The third-order valence-electron chi connectivity index (χ3n) is 2.59. The van der Waals surface area contributed by atoms with Gasteiger partial charge in [-0.05, 0) is 30.5 Å². The molecule has 0 aliphatic heterocycles. The SMILES string of the molecule is CCCOCc1nc2ccc(CC)cc2[nH]1. The zero-order chi connectivity index (χ0) is 11.4. The molecule has 1 N–H and O–H groups in total. The molecule has 0 aliphatic carbocycles. The molecule has 1 aromatic carbocycles. The molecule has 2 rings (SSSR count). The van der Waals surface area contributed by atoms with Crippen molar-refractivity contribution in [1.29, 1.82) is 0 Å². The molecular weight excluding hydrogens is 200 g/mol. The van der Waals surface area contributed by atoms with Crippen LogP contribution < -0.4 is 0 Å². The third kappa shape index (κ3) is 2.42. The molecule has 0 saturated carbocycles. The molecule has 0 atom stereocenters. The summed E-state index contributed by atoms with van der Waals surface area (Å²) in [6.07, 6.45) is 2.09. The number of hydrogen-bond acceptors (Lipinski definition) is 2. The molecule has 3 heteroatoms. The van der Waals surface area contributed by atoms with Gasteiger partial charge in [0.2, 0.25) is 0 Å². The van der Waals surface area contributed by atoms with Crippen LogP contribution in [0.3, 0.4) is 0 Å². The fourth-order valence-electron chi connectivity index (χ4n) is 1.71. The van der Waals surface area contributed by atoms with Gasteiger partial charge in [-0.15, -0.1) is 0 Å². The van der Waals surface area contributed by atoms with Crippen molar-refractivity contribution >= 4 is 11.0 Å². The van der Waals surface area contributed by atoms with Crippen molar-refractivity contribution in [2.24, 2.45) is 0 Å². The molecule has 1 aromatic heterocycles. The lowest BCUT2D eigenvalue weighted by atomic mass is 10.1. The molecule has 0 spiro atoms. The summed E-state index contributed by atoms with van der Waals surface area (Å²) < 4.78 is 5.46. The number of ether oxygens (including phenoxy) is 1. The Morgan fingerprint density at radius 1 is 1.31 bits per heavy atom. The monoisotopic (exact) mass is 218 g/mol. The number of nitrogens with one attached hydrogen (secondary N) is 1. The summed E-state index contributed by atoms with van der Waals surface area (Å²) >= 11 is 0. The van der Waals surface area contributed by atoms with Gasteiger partial charge in [0.05, 0.1) is 11.0 Å². The molecule has 0 amide bonds. The first kappa shape index (κ1) is 11.1. The minimum Gasteiger partial charge on any atom is -0.374 e. The van der Waals surface area contributed by atoms with Gasteiger partial charge in [0.1, 0.15) is 12.4 Å². The highest BCUT2D eigenvalue weighted by molar-refractivity contribution is 5.75. The van der Waals surface area contributed by atoms with Gasteiger partial charge in [-0.25, -0.2) is 4.98 Å². The Morgan fingerprint density at radius 2 is 2.19 bits per heavy atom. The predicted molar refractivity (Wildman–Crippen MR) is 65.4 cm³/mol. The second-order valence-corrected chi connectivity index (χ2v) is 3.94. The fourth-order valence-corrected chi connectivity index (χ4v) is 1.71. The van der Waals surface area contributed by atoms with Gasteiger partial charge in [0, 0.05) is 6.61 Å². The maximum absolute atomic E-state index is 5.46. The molecule has 0 radical (unpaired) electrons. The van der Waals surface area contributed by atoms with E-state index in [1.807, 2.05) is 0 Å². The van der Waals surface area contributed by atoms with Crippen LogP contribution in [0.1, 0.15) is 31.7 Å². The molecule has 0 bridgehead atoms. The standard InChI is InChI=1S/C13H18N2O/c1-3-7-16-9-13-14-11-6-5-10(4-2)8-12(11)15-13/h5-6,8H,3-4,7,9H2,1-2H3,(H,14,15). The molecule has 86 valence electrons. The van der Waals surface area contributed by atoms with Gasteiger partial charge < -0.3 is 9.72 Å². The molecule has 0 fully saturated rings. The first-order valence-electron chi connectivity index (χ1n) is 5.88. The Bertz CT molecular complexity index is 462. The minimum atomic E-state index is 0.573. The molecule has 0 unspecified atom stereocenters. The second-order valence-electron chi connectivity index (χ2n) is 3.94. The van der Waals surface area contributed by atoms with Crippen LogP contribution in [0.2, 0.25) is 0 Å². The van der Waals surface area contributed by atoms with Crippen LogP contribution in [0.5, 0.6) is 0 Å². The molecule has 3 nitrogen and oxygen atoms in total. The van der Waals surface area contributed by atoms with E-state index >= 15 is 0 Å². The highest BCUT2D eigenvalue weighted by atomic mass is 16.5. The van der Waals surface area contributed by atoms with Gasteiger partial charge in [0.15, 0.2) is 0 Å². The largest absolute Gasteiger partial charge is 0.374 e. The lowest BCUT2D eigenvalue weighted by Gasteiger charge is -1.97. The number of hydrogen-bond donors (Lipinski definition) is 1. The molecule has 1 heterocycles. The Labute approximate surface area is 95.8 Å². The zero-order valence-corrected chi connectivity index (χ0v) is 9.92. The summed E-state index contributed by atoms with van der Waals surface area (Å²) in [4.78, 5) is 7.77. The highest BCUT2D eigenvalue weighted by Crippen LogP contribution is 2.14. The molecule has 0 aliphatic rings. The van der Waals surface area contributed by atoms with E-state index in [1.165, 1.54) is 5.56 Å². The summed E-state index contributed by atoms with van der Waals surface area (Å²) in [5, 5.41) is 0. The fraction of sp³-hybridized carbons (Fsp3) is 0.462. The quantitative estimate of drug-likeness (QED) is 0.783. The second kappa shape index (κ2) is 5.12.